The van der Waals surface area contributed by atoms with Crippen molar-refractivity contribution in [2.45, 2.75) is 0 Å². The van der Waals surface area contributed by atoms with E-state index < -0.39 is 0 Å². The van der Waals surface area contributed by atoms with Crippen LogP contribution in [0.4, 0.5) is 5.69 Å². The van der Waals surface area contributed by atoms with Crippen LogP contribution < -0.4 is 10.1 Å². The van der Waals surface area contributed by atoms with Crippen LogP contribution in [-0.4, -0.2) is 18.0 Å². The predicted molar refractivity (Wildman–Crippen MR) is 95.6 cm³/mol. The van der Waals surface area contributed by atoms with E-state index in [4.69, 9.17) is 16.3 Å². The molecule has 0 radical (unpaired) electrons. The standard InChI is InChI=1S/C19H15ClN2O2/c1-24-18-8-2-13(3-9-18)14-10-15(12-21-11-14)19(23)22-17-6-4-16(20)5-7-17/h2-12H,1H3,(H,22,23). The Bertz CT molecular complexity index is 846. The smallest absolute Gasteiger partial charge is 0.257 e. The van der Waals surface area contributed by atoms with Crippen molar-refractivity contribution in [2.24, 2.45) is 0 Å². The molecule has 0 aliphatic rings. The Hall–Kier alpha value is -2.85. The number of nitrogens with one attached hydrogen (secondary N) is 1. The van der Waals surface area contributed by atoms with Crippen molar-refractivity contribution >= 4 is 23.2 Å². The maximum atomic E-state index is 12.4. The SMILES string of the molecule is COc1ccc(-c2cncc(C(=O)Nc3ccc(Cl)cc3)c2)cc1. The summed E-state index contributed by atoms with van der Waals surface area (Å²) in [5.41, 5.74) is 2.99. The second-order valence-corrected chi connectivity index (χ2v) is 5.59. The van der Waals surface area contributed by atoms with Gasteiger partial charge in [-0.2, -0.15) is 0 Å². The average Bonchev–Trinajstić information content (AvgIpc) is 2.64. The van der Waals surface area contributed by atoms with E-state index in [1.54, 1.807) is 43.6 Å². The number of hydrogen-bond donors (Lipinski definition) is 1. The molecule has 1 amide bonds. The van der Waals surface area contributed by atoms with E-state index in [1.165, 1.54) is 6.20 Å². The van der Waals surface area contributed by atoms with Gasteiger partial charge in [0.2, 0.25) is 0 Å². The van der Waals surface area contributed by atoms with Crippen LogP contribution in [0, 0.1) is 0 Å². The molecular weight excluding hydrogens is 324 g/mol. The zero-order valence-corrected chi connectivity index (χ0v) is 13.7. The molecule has 0 saturated heterocycles. The summed E-state index contributed by atoms with van der Waals surface area (Å²) < 4.78 is 5.15. The number of ether oxygens (including phenoxy) is 1. The van der Waals surface area contributed by atoms with Crippen molar-refractivity contribution in [3.63, 3.8) is 0 Å². The molecule has 0 bridgehead atoms. The molecule has 0 aliphatic heterocycles. The van der Waals surface area contributed by atoms with Crippen molar-refractivity contribution in [2.75, 3.05) is 12.4 Å². The minimum absolute atomic E-state index is 0.222. The van der Waals surface area contributed by atoms with E-state index in [0.29, 0.717) is 16.3 Å². The molecule has 120 valence electrons. The molecule has 0 atom stereocenters. The number of amides is 1. The fraction of sp³-hybridized carbons (Fsp3) is 0.0526. The Morgan fingerprint density at radius 1 is 1.00 bits per heavy atom. The normalized spacial score (nSPS) is 10.2. The highest BCUT2D eigenvalue weighted by atomic mass is 35.5. The van der Waals surface area contributed by atoms with Crippen LogP contribution in [-0.2, 0) is 0 Å². The van der Waals surface area contributed by atoms with E-state index in [9.17, 15) is 4.79 Å². The second-order valence-electron chi connectivity index (χ2n) is 5.15. The molecule has 2 aromatic carbocycles. The highest BCUT2D eigenvalue weighted by Crippen LogP contribution is 2.23. The quantitative estimate of drug-likeness (QED) is 0.752. The molecular formula is C19H15ClN2O2. The molecule has 4 nitrogen and oxygen atoms in total. The Balaban J connectivity index is 1.81. The first-order valence-electron chi connectivity index (χ1n) is 7.32. The highest BCUT2D eigenvalue weighted by Gasteiger charge is 2.09. The molecule has 3 rings (SSSR count). The maximum absolute atomic E-state index is 12.4. The van der Waals surface area contributed by atoms with Crippen LogP contribution in [0.2, 0.25) is 5.02 Å². The molecule has 0 aliphatic carbocycles. The monoisotopic (exact) mass is 338 g/mol. The van der Waals surface area contributed by atoms with E-state index in [2.05, 4.69) is 10.3 Å². The topological polar surface area (TPSA) is 51.2 Å². The summed E-state index contributed by atoms with van der Waals surface area (Å²) in [4.78, 5) is 16.5. The van der Waals surface area contributed by atoms with Gasteiger partial charge < -0.3 is 10.1 Å². The van der Waals surface area contributed by atoms with Gasteiger partial charge in [0.05, 0.1) is 12.7 Å². The lowest BCUT2D eigenvalue weighted by molar-refractivity contribution is 0.102. The summed E-state index contributed by atoms with van der Waals surface area (Å²) in [7, 11) is 1.62. The van der Waals surface area contributed by atoms with Crippen LogP contribution in [0.25, 0.3) is 11.1 Å². The van der Waals surface area contributed by atoms with E-state index >= 15 is 0 Å². The number of aromatic nitrogens is 1. The number of halogens is 1. The van der Waals surface area contributed by atoms with Gasteiger partial charge in [-0.05, 0) is 48.0 Å². The number of hydrogen-bond acceptors (Lipinski definition) is 3. The van der Waals surface area contributed by atoms with Crippen molar-refractivity contribution in [3.05, 3.63) is 77.6 Å². The summed E-state index contributed by atoms with van der Waals surface area (Å²) >= 11 is 5.84. The van der Waals surface area contributed by atoms with Gasteiger partial charge in [0, 0.05) is 28.7 Å². The molecule has 1 N–H and O–H groups in total. The molecule has 0 fully saturated rings. The third-order valence-corrected chi connectivity index (χ3v) is 3.78. The zero-order valence-electron chi connectivity index (χ0n) is 13.0. The molecule has 24 heavy (non-hydrogen) atoms. The zero-order chi connectivity index (χ0) is 16.9. The molecule has 3 aromatic rings. The minimum atomic E-state index is -0.222. The lowest BCUT2D eigenvalue weighted by Crippen LogP contribution is -2.12. The van der Waals surface area contributed by atoms with Crippen molar-refractivity contribution in [1.29, 1.82) is 0 Å². The fourth-order valence-electron chi connectivity index (χ4n) is 2.24. The van der Waals surface area contributed by atoms with Crippen LogP contribution in [0.15, 0.2) is 67.0 Å². The minimum Gasteiger partial charge on any atom is -0.497 e. The number of carbonyl (C=O) groups is 1. The highest BCUT2D eigenvalue weighted by molar-refractivity contribution is 6.30. The van der Waals surface area contributed by atoms with Gasteiger partial charge in [-0.3, -0.25) is 9.78 Å². The molecule has 1 heterocycles. The van der Waals surface area contributed by atoms with Gasteiger partial charge in [0.15, 0.2) is 0 Å². The Labute approximate surface area is 145 Å². The van der Waals surface area contributed by atoms with E-state index in [0.717, 1.165) is 16.9 Å². The first-order valence-corrected chi connectivity index (χ1v) is 7.70. The second kappa shape index (κ2) is 7.15. The molecule has 0 saturated carbocycles. The van der Waals surface area contributed by atoms with E-state index in [1.807, 2.05) is 24.3 Å². The van der Waals surface area contributed by atoms with E-state index in [-0.39, 0.29) is 5.91 Å². The first-order chi connectivity index (χ1) is 11.7. The number of benzene rings is 2. The fourth-order valence-corrected chi connectivity index (χ4v) is 2.37. The molecule has 5 heteroatoms. The van der Waals surface area contributed by atoms with Crippen molar-refractivity contribution in [1.82, 2.24) is 4.98 Å². The largest absolute Gasteiger partial charge is 0.497 e. The number of nitrogens with zero attached hydrogens (tertiary/aromatic N) is 1. The van der Waals surface area contributed by atoms with Crippen LogP contribution in [0.1, 0.15) is 10.4 Å². The number of pyridine rings is 1. The van der Waals surface area contributed by atoms with Crippen LogP contribution in [0.5, 0.6) is 5.75 Å². The molecule has 1 aromatic heterocycles. The van der Waals surface area contributed by atoms with Gasteiger partial charge in [0.1, 0.15) is 5.75 Å². The lowest BCUT2D eigenvalue weighted by atomic mass is 10.1. The summed E-state index contributed by atoms with van der Waals surface area (Å²) in [6, 6.07) is 16.4. The van der Waals surface area contributed by atoms with Gasteiger partial charge >= 0.3 is 0 Å². The summed E-state index contributed by atoms with van der Waals surface area (Å²) in [6.07, 6.45) is 3.26. The average molecular weight is 339 g/mol. The Kier molecular flexibility index (Phi) is 4.77. The third kappa shape index (κ3) is 3.73. The lowest BCUT2D eigenvalue weighted by Gasteiger charge is -2.07. The number of carbonyl (C=O) groups excluding carboxylic acids is 1. The van der Waals surface area contributed by atoms with Crippen LogP contribution >= 0.6 is 11.6 Å². The maximum Gasteiger partial charge on any atom is 0.257 e. The summed E-state index contributed by atoms with van der Waals surface area (Å²) in [6.45, 7) is 0. The summed E-state index contributed by atoms with van der Waals surface area (Å²) in [5.74, 6) is 0.559. The number of methoxy groups -OCH3 is 1. The van der Waals surface area contributed by atoms with Gasteiger partial charge in [-0.25, -0.2) is 0 Å². The Morgan fingerprint density at radius 3 is 2.38 bits per heavy atom. The molecule has 0 unspecified atom stereocenters. The predicted octanol–water partition coefficient (Wildman–Crippen LogP) is 4.66. The van der Waals surface area contributed by atoms with Gasteiger partial charge in [-0.1, -0.05) is 23.7 Å². The van der Waals surface area contributed by atoms with Crippen LogP contribution in [0.3, 0.4) is 0 Å². The van der Waals surface area contributed by atoms with Crippen molar-refractivity contribution < 1.29 is 9.53 Å². The number of rotatable bonds is 4. The molecule has 0 spiro atoms. The first kappa shape index (κ1) is 16.0. The van der Waals surface area contributed by atoms with Gasteiger partial charge in [0.25, 0.3) is 5.91 Å². The Morgan fingerprint density at radius 2 is 1.71 bits per heavy atom. The summed E-state index contributed by atoms with van der Waals surface area (Å²) in [5, 5.41) is 3.45. The van der Waals surface area contributed by atoms with Crippen molar-refractivity contribution in [3.8, 4) is 16.9 Å². The number of anilines is 1. The third-order valence-electron chi connectivity index (χ3n) is 3.53. The van der Waals surface area contributed by atoms with Gasteiger partial charge in [-0.15, -0.1) is 0 Å².